The van der Waals surface area contributed by atoms with E-state index in [0.717, 1.165) is 10.6 Å². The Morgan fingerprint density at radius 3 is 2.87 bits per heavy atom. The second-order valence-electron chi connectivity index (χ2n) is 6.83. The molecule has 0 aliphatic carbocycles. The lowest BCUT2D eigenvalue weighted by Crippen LogP contribution is -2.40. The SMILES string of the molecule is [2H]C1([2H])OC([2H])([2H])C([2H])([2H])N(C(=O)CCc2cc3c(s2)-n2c(C)nnc2CN=C3c2ccccc2Cl)C1([2H])[2H]. The van der Waals surface area contributed by atoms with Crippen molar-refractivity contribution in [2.24, 2.45) is 4.99 Å². The number of carbonyl (C=O) groups excluding carboxylic acids is 1. The molecule has 1 fully saturated rings. The summed E-state index contributed by atoms with van der Waals surface area (Å²) in [5.74, 6) is 0.135. The summed E-state index contributed by atoms with van der Waals surface area (Å²) in [6.45, 7) is -11.1. The zero-order chi connectivity index (χ0) is 28.5. The number of fused-ring (bicyclic) bond motifs is 3. The molecule has 0 N–H and O–H groups in total. The van der Waals surface area contributed by atoms with Crippen molar-refractivity contribution in [3.05, 3.63) is 63.0 Å². The number of amides is 1. The molecule has 5 rings (SSSR count). The highest BCUT2D eigenvalue weighted by Crippen LogP contribution is 2.35. The maximum absolute atomic E-state index is 13.2. The minimum atomic E-state index is -3.29. The van der Waals surface area contributed by atoms with Gasteiger partial charge in [-0.15, -0.1) is 21.5 Å². The standard InChI is InChI=1S/C22H22ClN5O2S/c1-14-25-26-19-13-24-21(16-4-2-3-5-18(16)23)17-12-15(31-22(17)28(14)19)6-7-20(29)27-8-10-30-11-9-27/h2-5,12H,6-11,13H2,1H3/i8D2,9D2,10D2,11D2. The highest BCUT2D eigenvalue weighted by molar-refractivity contribution is 7.15. The Hall–Kier alpha value is -2.55. The van der Waals surface area contributed by atoms with Gasteiger partial charge in [0.1, 0.15) is 17.4 Å². The van der Waals surface area contributed by atoms with Crippen LogP contribution in [0.5, 0.6) is 0 Å². The van der Waals surface area contributed by atoms with Crippen LogP contribution in [0, 0.1) is 6.92 Å². The summed E-state index contributed by atoms with van der Waals surface area (Å²) in [7, 11) is 0. The van der Waals surface area contributed by atoms with Crippen LogP contribution in [0.4, 0.5) is 0 Å². The summed E-state index contributed by atoms with van der Waals surface area (Å²) in [4.78, 5) is 18.6. The fourth-order valence-corrected chi connectivity index (χ4v) is 4.89. The molecule has 1 saturated heterocycles. The fraction of sp³-hybridized carbons (Fsp3) is 0.364. The molecule has 0 radical (unpaired) electrons. The molecular formula is C22H22ClN5O2S. The van der Waals surface area contributed by atoms with E-state index in [2.05, 4.69) is 14.9 Å². The van der Waals surface area contributed by atoms with E-state index in [1.165, 1.54) is 11.3 Å². The molecule has 3 aromatic rings. The van der Waals surface area contributed by atoms with Crippen molar-refractivity contribution in [3.63, 3.8) is 0 Å². The zero-order valence-corrected chi connectivity index (χ0v) is 17.9. The van der Waals surface area contributed by atoms with E-state index in [4.69, 9.17) is 27.6 Å². The molecule has 9 heteroatoms. The topological polar surface area (TPSA) is 72.6 Å². The van der Waals surface area contributed by atoms with E-state index in [1.807, 2.05) is 28.8 Å². The largest absolute Gasteiger partial charge is 0.378 e. The molecule has 0 atom stereocenters. The summed E-state index contributed by atoms with van der Waals surface area (Å²) in [5, 5.41) is 9.62. The Bertz CT molecular complexity index is 1480. The zero-order valence-electron chi connectivity index (χ0n) is 24.3. The number of hydrogen-bond donors (Lipinski definition) is 0. The van der Waals surface area contributed by atoms with Crippen LogP contribution in [0.25, 0.3) is 5.00 Å². The molecule has 0 bridgehead atoms. The molecule has 2 aliphatic heterocycles. The first-order valence-electron chi connectivity index (χ1n) is 13.5. The van der Waals surface area contributed by atoms with Crippen LogP contribution in [0.3, 0.4) is 0 Å². The molecule has 2 aliphatic rings. The fourth-order valence-electron chi connectivity index (χ4n) is 3.44. The molecule has 2 aromatic heterocycles. The Labute approximate surface area is 200 Å². The predicted molar refractivity (Wildman–Crippen MR) is 120 cm³/mol. The number of benzene rings is 1. The van der Waals surface area contributed by atoms with Crippen LogP contribution in [-0.2, 0) is 22.5 Å². The van der Waals surface area contributed by atoms with Crippen molar-refractivity contribution in [2.75, 3.05) is 26.1 Å². The molecule has 0 unspecified atom stereocenters. The number of halogens is 1. The van der Waals surface area contributed by atoms with Crippen LogP contribution in [0.1, 0.15) is 45.0 Å². The van der Waals surface area contributed by atoms with Gasteiger partial charge in [0, 0.05) is 40.4 Å². The second-order valence-corrected chi connectivity index (χ2v) is 8.36. The maximum atomic E-state index is 13.2. The lowest BCUT2D eigenvalue weighted by atomic mass is 10.0. The van der Waals surface area contributed by atoms with Crippen LogP contribution >= 0.6 is 22.9 Å². The van der Waals surface area contributed by atoms with Gasteiger partial charge in [0.15, 0.2) is 5.82 Å². The number of carbonyl (C=O) groups is 1. The smallest absolute Gasteiger partial charge is 0.223 e. The second kappa shape index (κ2) is 8.53. The van der Waals surface area contributed by atoms with Gasteiger partial charge in [-0.25, -0.2) is 0 Å². The van der Waals surface area contributed by atoms with Gasteiger partial charge in [0.25, 0.3) is 0 Å². The number of hydrogen-bond acceptors (Lipinski definition) is 6. The van der Waals surface area contributed by atoms with Gasteiger partial charge in [-0.05, 0) is 25.5 Å². The predicted octanol–water partition coefficient (Wildman–Crippen LogP) is 3.43. The third-order valence-corrected chi connectivity index (χ3v) is 6.38. The lowest BCUT2D eigenvalue weighted by Gasteiger charge is -2.26. The first-order chi connectivity index (χ1) is 18.1. The van der Waals surface area contributed by atoms with Crippen molar-refractivity contribution in [1.29, 1.82) is 0 Å². The highest BCUT2D eigenvalue weighted by atomic mass is 35.5. The van der Waals surface area contributed by atoms with Gasteiger partial charge in [0.2, 0.25) is 5.91 Å². The molecule has 160 valence electrons. The van der Waals surface area contributed by atoms with E-state index in [-0.39, 0.29) is 17.9 Å². The van der Waals surface area contributed by atoms with E-state index in [1.54, 1.807) is 13.0 Å². The highest BCUT2D eigenvalue weighted by Gasteiger charge is 2.26. The third kappa shape index (κ3) is 3.91. The lowest BCUT2D eigenvalue weighted by molar-refractivity contribution is -0.135. The van der Waals surface area contributed by atoms with E-state index in [9.17, 15) is 4.79 Å². The van der Waals surface area contributed by atoms with Crippen LogP contribution in [-0.4, -0.2) is 57.4 Å². The van der Waals surface area contributed by atoms with E-state index in [0.29, 0.717) is 32.8 Å². The normalized spacial score (nSPS) is 26.1. The number of rotatable bonds is 4. The van der Waals surface area contributed by atoms with Gasteiger partial charge in [0.05, 0.1) is 29.8 Å². The average molecular weight is 464 g/mol. The van der Waals surface area contributed by atoms with Crippen molar-refractivity contribution >= 4 is 34.6 Å². The Balaban J connectivity index is 1.50. The van der Waals surface area contributed by atoms with Crippen molar-refractivity contribution in [2.45, 2.75) is 26.3 Å². The molecular weight excluding hydrogens is 434 g/mol. The van der Waals surface area contributed by atoms with Gasteiger partial charge < -0.3 is 9.64 Å². The van der Waals surface area contributed by atoms with Gasteiger partial charge in [-0.1, -0.05) is 29.8 Å². The number of aliphatic imine (C=N–C) groups is 1. The number of morpholine rings is 1. The van der Waals surface area contributed by atoms with E-state index < -0.39 is 38.4 Å². The van der Waals surface area contributed by atoms with E-state index >= 15 is 0 Å². The number of aryl methyl sites for hydroxylation is 2. The van der Waals surface area contributed by atoms with Crippen LogP contribution < -0.4 is 0 Å². The quantitative estimate of drug-likeness (QED) is 0.594. The minimum Gasteiger partial charge on any atom is -0.378 e. The molecule has 31 heavy (non-hydrogen) atoms. The average Bonchev–Trinajstić information content (AvgIpc) is 3.36. The number of aromatic nitrogens is 3. The monoisotopic (exact) mass is 463 g/mol. The van der Waals surface area contributed by atoms with Crippen LogP contribution in [0.2, 0.25) is 5.02 Å². The van der Waals surface area contributed by atoms with Gasteiger partial charge >= 0.3 is 0 Å². The Kier molecular flexibility index (Phi) is 3.60. The first-order valence-corrected chi connectivity index (χ1v) is 10.6. The van der Waals surface area contributed by atoms with Gasteiger partial charge in [-0.2, -0.15) is 0 Å². The summed E-state index contributed by atoms with van der Waals surface area (Å²) in [5.41, 5.74) is 2.05. The molecule has 4 heterocycles. The number of thiophene rings is 1. The van der Waals surface area contributed by atoms with Crippen molar-refractivity contribution < 1.29 is 20.5 Å². The number of ether oxygens (including phenoxy) is 1. The van der Waals surface area contributed by atoms with Crippen molar-refractivity contribution in [1.82, 2.24) is 19.7 Å². The molecule has 0 saturated carbocycles. The minimum absolute atomic E-state index is 0.0132. The molecule has 1 aromatic carbocycles. The molecule has 7 nitrogen and oxygen atoms in total. The third-order valence-electron chi connectivity index (χ3n) is 4.87. The van der Waals surface area contributed by atoms with Crippen LogP contribution in [0.15, 0.2) is 35.3 Å². The van der Waals surface area contributed by atoms with Crippen molar-refractivity contribution in [3.8, 4) is 5.00 Å². The summed E-state index contributed by atoms with van der Waals surface area (Å²) < 4.78 is 70.1. The Morgan fingerprint density at radius 2 is 2.06 bits per heavy atom. The molecule has 0 spiro atoms. The first kappa shape index (κ1) is 13.1. The Morgan fingerprint density at radius 1 is 1.26 bits per heavy atom. The summed E-state index contributed by atoms with van der Waals surface area (Å²) in [6.07, 6.45) is -0.379. The van der Waals surface area contributed by atoms with Gasteiger partial charge in [-0.3, -0.25) is 14.4 Å². The molecule has 1 amide bonds. The summed E-state index contributed by atoms with van der Waals surface area (Å²) >= 11 is 7.81. The number of nitrogens with zero attached hydrogens (tertiary/aromatic N) is 5. The summed E-state index contributed by atoms with van der Waals surface area (Å²) in [6, 6.07) is 9.07. The maximum Gasteiger partial charge on any atom is 0.223 e.